The van der Waals surface area contributed by atoms with E-state index in [9.17, 15) is 4.79 Å². The summed E-state index contributed by atoms with van der Waals surface area (Å²) in [7, 11) is 0. The minimum Gasteiger partial charge on any atom is -0.449 e. The maximum Gasteiger partial charge on any atom is 0.414 e. The largest absolute Gasteiger partial charge is 0.449 e. The minimum absolute atomic E-state index is 0.0385. The van der Waals surface area contributed by atoms with E-state index in [1.807, 2.05) is 18.2 Å². The Morgan fingerprint density at radius 3 is 3.07 bits per heavy atom. The van der Waals surface area contributed by atoms with Gasteiger partial charge in [-0.2, -0.15) is 0 Å². The molecule has 0 aromatic carbocycles. The van der Waals surface area contributed by atoms with Crippen molar-refractivity contribution in [2.24, 2.45) is 0 Å². The Bertz CT molecular complexity index is 268. The van der Waals surface area contributed by atoms with E-state index < -0.39 is 0 Å². The zero-order valence-electron chi connectivity index (χ0n) is 8.35. The van der Waals surface area contributed by atoms with Gasteiger partial charge in [0.1, 0.15) is 0 Å². The summed E-state index contributed by atoms with van der Waals surface area (Å²) in [6, 6.07) is 0.0385. The number of carbonyl (C=O) groups excluding carboxylic acids is 1. The maximum atomic E-state index is 11.5. The van der Waals surface area contributed by atoms with E-state index in [0.29, 0.717) is 6.61 Å². The molecule has 1 unspecified atom stereocenters. The number of rotatable bonds is 3. The Labute approximate surface area is 84.3 Å². The number of ether oxygens (including phenoxy) is 1. The van der Waals surface area contributed by atoms with Gasteiger partial charge in [0.2, 0.25) is 0 Å². The lowest BCUT2D eigenvalue weighted by Gasteiger charge is -2.26. The fourth-order valence-corrected chi connectivity index (χ4v) is 1.30. The van der Waals surface area contributed by atoms with Gasteiger partial charge in [-0.25, -0.2) is 4.79 Å². The van der Waals surface area contributed by atoms with Crippen molar-refractivity contribution in [3.8, 4) is 0 Å². The molecule has 0 radical (unpaired) electrons. The molecule has 0 saturated heterocycles. The van der Waals surface area contributed by atoms with Gasteiger partial charge in [-0.3, -0.25) is 4.90 Å². The topological polar surface area (TPSA) is 29.5 Å². The third kappa shape index (κ3) is 2.49. The third-order valence-electron chi connectivity index (χ3n) is 1.94. The quantitative estimate of drug-likeness (QED) is 0.644. The van der Waals surface area contributed by atoms with Crippen LogP contribution in [0.3, 0.4) is 0 Å². The van der Waals surface area contributed by atoms with Crippen LogP contribution < -0.4 is 0 Å². The predicted molar refractivity (Wildman–Crippen MR) is 55.7 cm³/mol. The fraction of sp³-hybridized carbons (Fsp3) is 0.364. The molecule has 3 nitrogen and oxygen atoms in total. The van der Waals surface area contributed by atoms with Gasteiger partial charge in [-0.15, -0.1) is 6.58 Å². The summed E-state index contributed by atoms with van der Waals surface area (Å²) in [6.07, 6.45) is 9.64. The average Bonchev–Trinajstić information content (AvgIpc) is 2.19. The molecule has 1 atom stereocenters. The van der Waals surface area contributed by atoms with E-state index in [1.54, 1.807) is 24.1 Å². The molecule has 1 aliphatic rings. The zero-order chi connectivity index (χ0) is 10.4. The third-order valence-corrected chi connectivity index (χ3v) is 1.94. The van der Waals surface area contributed by atoms with E-state index in [4.69, 9.17) is 4.74 Å². The summed E-state index contributed by atoms with van der Waals surface area (Å²) in [5.74, 6) is 0. The van der Waals surface area contributed by atoms with Crippen molar-refractivity contribution in [2.45, 2.75) is 19.4 Å². The number of hydrogen-bond acceptors (Lipinski definition) is 2. The van der Waals surface area contributed by atoms with Gasteiger partial charge >= 0.3 is 6.09 Å². The van der Waals surface area contributed by atoms with Crippen molar-refractivity contribution >= 4 is 6.09 Å². The highest BCUT2D eigenvalue weighted by Gasteiger charge is 2.20. The summed E-state index contributed by atoms with van der Waals surface area (Å²) >= 11 is 0. The molecule has 0 spiro atoms. The van der Waals surface area contributed by atoms with Gasteiger partial charge in [-0.05, 0) is 19.4 Å². The van der Waals surface area contributed by atoms with Crippen LogP contribution in [0.25, 0.3) is 0 Å². The van der Waals surface area contributed by atoms with Crippen LogP contribution in [0.4, 0.5) is 4.79 Å². The summed E-state index contributed by atoms with van der Waals surface area (Å²) in [5, 5.41) is 0. The van der Waals surface area contributed by atoms with Crippen molar-refractivity contribution in [3.63, 3.8) is 0 Å². The first-order valence-corrected chi connectivity index (χ1v) is 4.70. The first kappa shape index (κ1) is 10.6. The average molecular weight is 193 g/mol. The van der Waals surface area contributed by atoms with Crippen LogP contribution in [-0.4, -0.2) is 23.6 Å². The number of nitrogens with zero attached hydrogens (tertiary/aromatic N) is 1. The van der Waals surface area contributed by atoms with Gasteiger partial charge in [0.25, 0.3) is 0 Å². The fourth-order valence-electron chi connectivity index (χ4n) is 1.30. The number of carbonyl (C=O) groups is 1. The van der Waals surface area contributed by atoms with Crippen molar-refractivity contribution < 1.29 is 9.53 Å². The minimum atomic E-state index is -0.306. The Morgan fingerprint density at radius 1 is 1.64 bits per heavy atom. The Morgan fingerprint density at radius 2 is 2.43 bits per heavy atom. The molecular formula is C11H15NO2. The molecular weight excluding hydrogens is 178 g/mol. The van der Waals surface area contributed by atoms with E-state index >= 15 is 0 Å². The van der Waals surface area contributed by atoms with Crippen LogP contribution in [0.5, 0.6) is 0 Å². The van der Waals surface area contributed by atoms with Crippen LogP contribution in [-0.2, 0) is 4.74 Å². The smallest absolute Gasteiger partial charge is 0.414 e. The molecule has 0 N–H and O–H groups in total. The Balaban J connectivity index is 2.64. The van der Waals surface area contributed by atoms with Crippen LogP contribution in [0.1, 0.15) is 13.3 Å². The Kier molecular flexibility index (Phi) is 3.98. The molecule has 76 valence electrons. The first-order valence-electron chi connectivity index (χ1n) is 4.70. The van der Waals surface area contributed by atoms with Crippen LogP contribution >= 0.6 is 0 Å². The monoisotopic (exact) mass is 193 g/mol. The molecule has 0 fully saturated rings. The van der Waals surface area contributed by atoms with Crippen molar-refractivity contribution in [1.29, 1.82) is 0 Å². The van der Waals surface area contributed by atoms with Gasteiger partial charge in [-0.1, -0.05) is 18.2 Å². The van der Waals surface area contributed by atoms with Crippen LogP contribution in [0, 0.1) is 0 Å². The molecule has 1 rings (SSSR count). The summed E-state index contributed by atoms with van der Waals surface area (Å²) in [5.41, 5.74) is 0. The highest BCUT2D eigenvalue weighted by molar-refractivity contribution is 5.70. The Hall–Kier alpha value is -1.51. The second-order valence-electron chi connectivity index (χ2n) is 2.92. The summed E-state index contributed by atoms with van der Waals surface area (Å²) in [6.45, 7) is 5.85. The molecule has 0 aliphatic carbocycles. The second kappa shape index (κ2) is 5.27. The van der Waals surface area contributed by atoms with Gasteiger partial charge in [0.05, 0.1) is 12.6 Å². The van der Waals surface area contributed by atoms with Gasteiger partial charge in [0, 0.05) is 6.20 Å². The molecule has 0 bridgehead atoms. The van der Waals surface area contributed by atoms with E-state index in [1.165, 1.54) is 0 Å². The lowest BCUT2D eigenvalue weighted by molar-refractivity contribution is 0.115. The molecule has 1 aliphatic heterocycles. The molecule has 0 saturated carbocycles. The molecule has 14 heavy (non-hydrogen) atoms. The SMILES string of the molecule is C=CCC1C=CC=CN1C(=O)OCC. The normalized spacial score (nSPS) is 19.5. The van der Waals surface area contributed by atoms with E-state index in [-0.39, 0.29) is 12.1 Å². The summed E-state index contributed by atoms with van der Waals surface area (Å²) in [4.78, 5) is 13.0. The molecule has 0 aromatic rings. The standard InChI is InChI=1S/C11H15NO2/c1-3-7-10-8-5-6-9-12(10)11(13)14-4-2/h3,5-6,8-10H,1,4,7H2,2H3. The van der Waals surface area contributed by atoms with Gasteiger partial charge < -0.3 is 4.74 Å². The van der Waals surface area contributed by atoms with Crippen molar-refractivity contribution in [2.75, 3.05) is 6.61 Å². The second-order valence-corrected chi connectivity index (χ2v) is 2.92. The molecule has 3 heteroatoms. The van der Waals surface area contributed by atoms with Crippen LogP contribution in [0.15, 0.2) is 37.1 Å². The number of amides is 1. The molecule has 0 aromatic heterocycles. The first-order chi connectivity index (χ1) is 6.79. The highest BCUT2D eigenvalue weighted by Crippen LogP contribution is 2.13. The van der Waals surface area contributed by atoms with E-state index in [0.717, 1.165) is 6.42 Å². The lowest BCUT2D eigenvalue weighted by Crippen LogP contribution is -2.36. The maximum absolute atomic E-state index is 11.5. The highest BCUT2D eigenvalue weighted by atomic mass is 16.6. The van der Waals surface area contributed by atoms with Crippen LogP contribution in [0.2, 0.25) is 0 Å². The molecule has 1 amide bonds. The van der Waals surface area contributed by atoms with Crippen molar-refractivity contribution in [1.82, 2.24) is 4.90 Å². The predicted octanol–water partition coefficient (Wildman–Crippen LogP) is 2.47. The number of hydrogen-bond donors (Lipinski definition) is 0. The number of allylic oxidation sites excluding steroid dienone is 2. The zero-order valence-corrected chi connectivity index (χ0v) is 8.35. The van der Waals surface area contributed by atoms with E-state index in [2.05, 4.69) is 6.58 Å². The van der Waals surface area contributed by atoms with Gasteiger partial charge in [0.15, 0.2) is 0 Å². The molecule has 1 heterocycles. The lowest BCUT2D eigenvalue weighted by atomic mass is 10.1. The summed E-state index contributed by atoms with van der Waals surface area (Å²) < 4.78 is 4.93. The van der Waals surface area contributed by atoms with Crippen molar-refractivity contribution in [3.05, 3.63) is 37.1 Å².